The van der Waals surface area contributed by atoms with Gasteiger partial charge < -0.3 is 9.47 Å². The van der Waals surface area contributed by atoms with Crippen molar-refractivity contribution >= 4 is 21.4 Å². The van der Waals surface area contributed by atoms with E-state index in [-0.39, 0.29) is 29.2 Å². The summed E-state index contributed by atoms with van der Waals surface area (Å²) in [4.78, 5) is 0.0124. The Kier molecular flexibility index (Phi) is 7.98. The molecular formula is C20H21ClF2O4S. The van der Waals surface area contributed by atoms with Crippen molar-refractivity contribution in [1.29, 1.82) is 0 Å². The first-order valence-corrected chi connectivity index (χ1v) is 10.5. The molecule has 1 atom stereocenters. The summed E-state index contributed by atoms with van der Waals surface area (Å²) < 4.78 is 63.3. The van der Waals surface area contributed by atoms with Gasteiger partial charge >= 0.3 is 0 Å². The molecular weight excluding hydrogens is 410 g/mol. The fourth-order valence-electron chi connectivity index (χ4n) is 2.71. The molecule has 3 rings (SSSR count). The molecule has 1 unspecified atom stereocenters. The van der Waals surface area contributed by atoms with Gasteiger partial charge in [-0.1, -0.05) is 17.7 Å². The van der Waals surface area contributed by atoms with E-state index in [9.17, 15) is 17.2 Å². The summed E-state index contributed by atoms with van der Waals surface area (Å²) in [5, 5.41) is -0.795. The zero-order chi connectivity index (χ0) is 20.7. The first kappa shape index (κ1) is 22.3. The lowest BCUT2D eigenvalue weighted by Gasteiger charge is -2.26. The molecule has 2 aromatic rings. The number of fused-ring (bicyclic) bond motifs is 1. The normalized spacial score (nSPS) is 15.6. The summed E-state index contributed by atoms with van der Waals surface area (Å²) in [6.07, 6.45) is 1.79. The highest BCUT2D eigenvalue weighted by molar-refractivity contribution is 7.91. The van der Waals surface area contributed by atoms with Crippen molar-refractivity contribution in [3.05, 3.63) is 71.3 Å². The van der Waals surface area contributed by atoms with Crippen molar-refractivity contribution in [2.45, 2.75) is 23.5 Å². The second-order valence-electron chi connectivity index (χ2n) is 5.84. The molecule has 28 heavy (non-hydrogen) atoms. The van der Waals surface area contributed by atoms with Gasteiger partial charge in [-0.05, 0) is 43.3 Å². The molecule has 0 saturated heterocycles. The fourth-order valence-corrected chi connectivity index (χ4v) is 4.61. The third kappa shape index (κ3) is 5.10. The molecule has 0 spiro atoms. The van der Waals surface area contributed by atoms with Crippen LogP contribution in [0.25, 0.3) is 0 Å². The molecule has 2 aromatic carbocycles. The van der Waals surface area contributed by atoms with Crippen LogP contribution in [0.5, 0.6) is 5.75 Å². The fraction of sp³-hybridized carbons (Fsp3) is 0.300. The predicted molar refractivity (Wildman–Crippen MR) is 105 cm³/mol. The quantitative estimate of drug-likeness (QED) is 0.487. The Balaban J connectivity index is 0.000000409. The molecule has 1 heterocycles. The molecule has 152 valence electrons. The highest BCUT2D eigenvalue weighted by atomic mass is 35.5. The Hall–Kier alpha value is -1.96. The van der Waals surface area contributed by atoms with Crippen LogP contribution < -0.4 is 4.74 Å². The summed E-state index contributed by atoms with van der Waals surface area (Å²) in [5.41, 5.74) is -0.249. The second kappa shape index (κ2) is 10.0. The van der Waals surface area contributed by atoms with Crippen molar-refractivity contribution in [3.8, 4) is 5.75 Å². The van der Waals surface area contributed by atoms with Gasteiger partial charge in [-0.3, -0.25) is 0 Å². The standard InChI is InChI=1S/C15H11ClF2O3S.C5H10O/c16-9-1-3-10(4-2-9)22(19,20)13-7-8-21-15-12(18)6-5-11(17)14(13)15;1-3-5-6-4-2/h1-6,13H,7-8H2;3H,1,4-5H2,2H3. The topological polar surface area (TPSA) is 52.6 Å². The predicted octanol–water partition coefficient (Wildman–Crippen LogP) is 5.12. The van der Waals surface area contributed by atoms with Crippen molar-refractivity contribution in [2.75, 3.05) is 19.8 Å². The lowest BCUT2D eigenvalue weighted by atomic mass is 10.0. The third-order valence-electron chi connectivity index (χ3n) is 4.00. The van der Waals surface area contributed by atoms with Gasteiger partial charge in [0, 0.05) is 18.1 Å². The Morgan fingerprint density at radius 3 is 2.43 bits per heavy atom. The van der Waals surface area contributed by atoms with Gasteiger partial charge in [-0.2, -0.15) is 0 Å². The SMILES string of the molecule is C=CCOCC.O=S(=O)(c1ccc(Cl)cc1)C1CCOc2c(F)ccc(F)c21. The van der Waals surface area contributed by atoms with Crippen LogP contribution in [0.1, 0.15) is 24.2 Å². The average Bonchev–Trinajstić information content (AvgIpc) is 2.69. The molecule has 0 aromatic heterocycles. The summed E-state index contributed by atoms with van der Waals surface area (Å²) in [6, 6.07) is 7.42. The van der Waals surface area contributed by atoms with Crippen LogP contribution in [0.15, 0.2) is 53.9 Å². The van der Waals surface area contributed by atoms with Gasteiger partial charge in [0.05, 0.1) is 23.7 Å². The van der Waals surface area contributed by atoms with Gasteiger partial charge in [0.15, 0.2) is 21.4 Å². The molecule has 0 radical (unpaired) electrons. The number of hydrogen-bond acceptors (Lipinski definition) is 4. The molecule has 0 fully saturated rings. The average molecular weight is 431 g/mol. The summed E-state index contributed by atoms with van der Waals surface area (Å²) in [5.74, 6) is -1.89. The van der Waals surface area contributed by atoms with Crippen LogP contribution in [0.3, 0.4) is 0 Å². The summed E-state index contributed by atoms with van der Waals surface area (Å²) in [6.45, 7) is 6.90. The van der Waals surface area contributed by atoms with E-state index < -0.39 is 26.7 Å². The second-order valence-corrected chi connectivity index (χ2v) is 8.41. The van der Waals surface area contributed by atoms with Crippen molar-refractivity contribution in [2.24, 2.45) is 0 Å². The first-order chi connectivity index (χ1) is 13.3. The lowest BCUT2D eigenvalue weighted by molar-refractivity contribution is 0.178. The number of rotatable bonds is 5. The number of ether oxygens (including phenoxy) is 2. The zero-order valence-electron chi connectivity index (χ0n) is 15.3. The molecule has 8 heteroatoms. The molecule has 1 aliphatic heterocycles. The smallest absolute Gasteiger partial charge is 0.185 e. The highest BCUT2D eigenvalue weighted by Gasteiger charge is 2.37. The lowest BCUT2D eigenvalue weighted by Crippen LogP contribution is -2.23. The summed E-state index contributed by atoms with van der Waals surface area (Å²) >= 11 is 5.75. The van der Waals surface area contributed by atoms with E-state index >= 15 is 0 Å². The maximum atomic E-state index is 14.1. The van der Waals surface area contributed by atoms with Gasteiger partial charge in [-0.15, -0.1) is 6.58 Å². The van der Waals surface area contributed by atoms with Crippen LogP contribution in [-0.2, 0) is 14.6 Å². The third-order valence-corrected chi connectivity index (χ3v) is 6.40. The molecule has 0 N–H and O–H groups in total. The van der Waals surface area contributed by atoms with Crippen LogP contribution in [0, 0.1) is 11.6 Å². The van der Waals surface area contributed by atoms with Gasteiger partial charge in [0.1, 0.15) is 11.1 Å². The van der Waals surface area contributed by atoms with Crippen LogP contribution in [0.2, 0.25) is 5.02 Å². The Bertz CT molecular complexity index is 915. The van der Waals surface area contributed by atoms with E-state index in [1.54, 1.807) is 6.08 Å². The molecule has 0 amide bonds. The van der Waals surface area contributed by atoms with Crippen LogP contribution >= 0.6 is 11.6 Å². The van der Waals surface area contributed by atoms with Crippen molar-refractivity contribution in [1.82, 2.24) is 0 Å². The summed E-state index contributed by atoms with van der Waals surface area (Å²) in [7, 11) is -3.88. The van der Waals surface area contributed by atoms with E-state index in [1.165, 1.54) is 24.3 Å². The van der Waals surface area contributed by atoms with Gasteiger partial charge in [0.2, 0.25) is 0 Å². The highest BCUT2D eigenvalue weighted by Crippen LogP contribution is 2.42. The van der Waals surface area contributed by atoms with Crippen molar-refractivity contribution in [3.63, 3.8) is 0 Å². The monoisotopic (exact) mass is 430 g/mol. The Morgan fingerprint density at radius 2 is 1.86 bits per heavy atom. The van der Waals surface area contributed by atoms with Crippen molar-refractivity contribution < 1.29 is 26.7 Å². The largest absolute Gasteiger partial charge is 0.490 e. The number of halogens is 3. The Morgan fingerprint density at radius 1 is 1.21 bits per heavy atom. The maximum absolute atomic E-state index is 14.1. The number of hydrogen-bond donors (Lipinski definition) is 0. The van der Waals surface area contributed by atoms with Gasteiger partial charge in [0.25, 0.3) is 0 Å². The molecule has 0 saturated carbocycles. The molecule has 0 aliphatic carbocycles. The minimum absolute atomic E-state index is 0.00482. The maximum Gasteiger partial charge on any atom is 0.185 e. The Labute approximate surface area is 168 Å². The number of benzene rings is 2. The molecule has 1 aliphatic rings. The van der Waals surface area contributed by atoms with E-state index in [2.05, 4.69) is 6.58 Å². The van der Waals surface area contributed by atoms with E-state index in [1.807, 2.05) is 6.92 Å². The zero-order valence-corrected chi connectivity index (χ0v) is 16.9. The molecule has 0 bridgehead atoms. The van der Waals surface area contributed by atoms with E-state index in [0.717, 1.165) is 18.7 Å². The van der Waals surface area contributed by atoms with E-state index in [4.69, 9.17) is 21.1 Å². The van der Waals surface area contributed by atoms with Crippen LogP contribution in [-0.4, -0.2) is 28.2 Å². The minimum Gasteiger partial charge on any atom is -0.490 e. The van der Waals surface area contributed by atoms with E-state index in [0.29, 0.717) is 11.6 Å². The number of sulfone groups is 1. The molecule has 4 nitrogen and oxygen atoms in total. The van der Waals surface area contributed by atoms with Gasteiger partial charge in [-0.25, -0.2) is 17.2 Å². The van der Waals surface area contributed by atoms with Crippen LogP contribution in [0.4, 0.5) is 8.78 Å². The first-order valence-electron chi connectivity index (χ1n) is 8.61. The minimum atomic E-state index is -3.88.